The highest BCUT2D eigenvalue weighted by Gasteiger charge is 2.29. The molecule has 0 radical (unpaired) electrons. The Kier molecular flexibility index (Phi) is 9.23. The van der Waals surface area contributed by atoms with E-state index in [4.69, 9.17) is 16.6 Å². The van der Waals surface area contributed by atoms with Crippen LogP contribution >= 0.6 is 0 Å². The maximum Gasteiger partial charge on any atom is 0.325 e. The van der Waals surface area contributed by atoms with Crippen molar-refractivity contribution in [2.24, 2.45) is 11.5 Å². The van der Waals surface area contributed by atoms with Gasteiger partial charge in [0, 0.05) is 6.42 Å². The molecular weight excluding hydrogens is 398 g/mol. The second-order valence-corrected chi connectivity index (χ2v) is 6.49. The number of primary amides is 1. The lowest BCUT2D eigenvalue weighted by atomic mass is 10.0. The van der Waals surface area contributed by atoms with Crippen molar-refractivity contribution >= 4 is 29.6 Å². The molecule has 0 spiro atoms. The van der Waals surface area contributed by atoms with Crippen molar-refractivity contribution in [3.8, 4) is 5.75 Å². The second-order valence-electron chi connectivity index (χ2n) is 6.49. The van der Waals surface area contributed by atoms with Gasteiger partial charge in [-0.1, -0.05) is 12.1 Å². The summed E-state index contributed by atoms with van der Waals surface area (Å²) in [7, 11) is 0. The van der Waals surface area contributed by atoms with Gasteiger partial charge in [0.1, 0.15) is 23.9 Å². The molecule has 1 aromatic rings. The maximum atomic E-state index is 12.7. The molecular formula is C18H25N5O7. The molecule has 0 bridgehead atoms. The van der Waals surface area contributed by atoms with Crippen molar-refractivity contribution in [2.45, 2.75) is 37.9 Å². The first kappa shape index (κ1) is 24.4. The highest BCUT2D eigenvalue weighted by Crippen LogP contribution is 2.11. The zero-order valence-electron chi connectivity index (χ0n) is 16.3. The molecule has 12 heteroatoms. The predicted molar refractivity (Wildman–Crippen MR) is 104 cm³/mol. The number of carboxylic acids is 1. The molecule has 0 aliphatic rings. The summed E-state index contributed by atoms with van der Waals surface area (Å²) in [6.45, 7) is 0.819. The molecule has 1 aromatic carbocycles. The van der Waals surface area contributed by atoms with Gasteiger partial charge in [-0.3, -0.25) is 24.0 Å². The van der Waals surface area contributed by atoms with Crippen molar-refractivity contribution in [3.63, 3.8) is 0 Å². The van der Waals surface area contributed by atoms with Crippen molar-refractivity contribution in [1.29, 1.82) is 0 Å². The molecule has 0 heterocycles. The number of phenols is 1. The second kappa shape index (κ2) is 11.4. The minimum atomic E-state index is -1.45. The van der Waals surface area contributed by atoms with E-state index in [1.807, 2.05) is 0 Å². The van der Waals surface area contributed by atoms with Crippen LogP contribution in [0, 0.1) is 0 Å². The summed E-state index contributed by atoms with van der Waals surface area (Å²) in [5.41, 5.74) is 11.0. The lowest BCUT2D eigenvalue weighted by Gasteiger charge is -2.23. The minimum absolute atomic E-state index is 0.00566. The van der Waals surface area contributed by atoms with Gasteiger partial charge in [-0.05, 0) is 24.6 Å². The Labute approximate surface area is 172 Å². The van der Waals surface area contributed by atoms with Crippen LogP contribution in [0.3, 0.4) is 0 Å². The molecule has 0 aliphatic heterocycles. The molecule has 164 valence electrons. The first-order chi connectivity index (χ1) is 14.0. The van der Waals surface area contributed by atoms with Gasteiger partial charge in [0.2, 0.25) is 23.6 Å². The molecule has 1 rings (SSSR count). The van der Waals surface area contributed by atoms with Crippen LogP contribution in [0.5, 0.6) is 5.75 Å². The van der Waals surface area contributed by atoms with Crippen LogP contribution in [-0.4, -0.2) is 64.5 Å². The van der Waals surface area contributed by atoms with Crippen LogP contribution in [0.1, 0.15) is 18.9 Å². The maximum absolute atomic E-state index is 12.7. The number of hydrogen-bond donors (Lipinski definition) is 7. The average Bonchev–Trinajstić information content (AvgIpc) is 2.67. The van der Waals surface area contributed by atoms with E-state index in [-0.39, 0.29) is 18.7 Å². The van der Waals surface area contributed by atoms with Gasteiger partial charge in [-0.15, -0.1) is 0 Å². The lowest BCUT2D eigenvalue weighted by Crippen LogP contribution is -2.57. The number of aromatic hydroxyl groups is 1. The summed E-state index contributed by atoms with van der Waals surface area (Å²) >= 11 is 0. The zero-order chi connectivity index (χ0) is 22.8. The normalized spacial score (nSPS) is 13.4. The number of carbonyl (C=O) groups is 5. The number of phenolic OH excluding ortho intramolecular Hbond substituents is 1. The van der Waals surface area contributed by atoms with Gasteiger partial charge < -0.3 is 37.6 Å². The van der Waals surface area contributed by atoms with Gasteiger partial charge in [0.15, 0.2) is 0 Å². The quantitative estimate of drug-likeness (QED) is 0.199. The van der Waals surface area contributed by atoms with Crippen LogP contribution in [-0.2, 0) is 30.4 Å². The van der Waals surface area contributed by atoms with E-state index in [0.29, 0.717) is 5.56 Å². The van der Waals surface area contributed by atoms with Crippen LogP contribution in [0.4, 0.5) is 0 Å². The number of carbonyl (C=O) groups excluding carboxylic acids is 4. The standard InChI is InChI=1S/C18H25N5O7/c1-9(18(29)30)21-16(27)13(7-14(20)25)23-17(28)12(22-15(26)8-19)6-10-2-4-11(24)5-3-10/h2-5,9,12-13,24H,6-8,19H2,1H3,(H2,20,25)(H,21,27)(H,22,26)(H,23,28)(H,29,30). The summed E-state index contributed by atoms with van der Waals surface area (Å²) in [4.78, 5) is 58.9. The molecule has 4 amide bonds. The van der Waals surface area contributed by atoms with Crippen molar-refractivity contribution in [1.82, 2.24) is 16.0 Å². The van der Waals surface area contributed by atoms with Crippen molar-refractivity contribution in [2.75, 3.05) is 6.54 Å². The fourth-order valence-electron chi connectivity index (χ4n) is 2.39. The SMILES string of the molecule is CC(NC(=O)C(CC(N)=O)NC(=O)C(Cc1ccc(O)cc1)NC(=O)CN)C(=O)O. The Morgan fingerprint density at radius 2 is 1.53 bits per heavy atom. The summed E-state index contributed by atoms with van der Waals surface area (Å²) in [5, 5.41) is 25.1. The highest BCUT2D eigenvalue weighted by atomic mass is 16.4. The molecule has 12 nitrogen and oxygen atoms in total. The first-order valence-corrected chi connectivity index (χ1v) is 8.92. The molecule has 0 aliphatic carbocycles. The van der Waals surface area contributed by atoms with E-state index in [1.54, 1.807) is 0 Å². The third-order valence-electron chi connectivity index (χ3n) is 3.98. The number of carboxylic acid groups (broad SMARTS) is 1. The Balaban J connectivity index is 3.00. The van der Waals surface area contributed by atoms with Crippen LogP contribution in [0.15, 0.2) is 24.3 Å². The fraction of sp³-hybridized carbons (Fsp3) is 0.389. The highest BCUT2D eigenvalue weighted by molar-refractivity contribution is 5.95. The molecule has 0 aromatic heterocycles. The van der Waals surface area contributed by atoms with E-state index in [1.165, 1.54) is 31.2 Å². The molecule has 0 saturated carbocycles. The third-order valence-corrected chi connectivity index (χ3v) is 3.98. The molecule has 3 unspecified atom stereocenters. The Hall–Kier alpha value is -3.67. The number of aliphatic carboxylic acids is 1. The van der Waals surface area contributed by atoms with Gasteiger partial charge in [-0.2, -0.15) is 0 Å². The van der Waals surface area contributed by atoms with Crippen LogP contribution in [0.25, 0.3) is 0 Å². The summed E-state index contributed by atoms with van der Waals surface area (Å²) in [6.07, 6.45) is -0.588. The van der Waals surface area contributed by atoms with E-state index >= 15 is 0 Å². The van der Waals surface area contributed by atoms with Crippen LogP contribution < -0.4 is 27.4 Å². The zero-order valence-corrected chi connectivity index (χ0v) is 16.3. The van der Waals surface area contributed by atoms with E-state index in [9.17, 15) is 29.1 Å². The number of amides is 4. The largest absolute Gasteiger partial charge is 0.508 e. The predicted octanol–water partition coefficient (Wildman–Crippen LogP) is -2.67. The number of nitrogens with one attached hydrogen (secondary N) is 3. The monoisotopic (exact) mass is 423 g/mol. The van der Waals surface area contributed by atoms with E-state index < -0.39 is 54.1 Å². The molecule has 0 fully saturated rings. The Morgan fingerprint density at radius 3 is 2.03 bits per heavy atom. The average molecular weight is 423 g/mol. The summed E-state index contributed by atoms with van der Waals surface area (Å²) < 4.78 is 0. The van der Waals surface area contributed by atoms with Gasteiger partial charge in [0.05, 0.1) is 13.0 Å². The molecule has 30 heavy (non-hydrogen) atoms. The van der Waals surface area contributed by atoms with Gasteiger partial charge in [-0.25, -0.2) is 0 Å². The van der Waals surface area contributed by atoms with Gasteiger partial charge in [0.25, 0.3) is 0 Å². The fourth-order valence-corrected chi connectivity index (χ4v) is 2.39. The topological polar surface area (TPSA) is 214 Å². The Morgan fingerprint density at radius 1 is 0.967 bits per heavy atom. The number of hydrogen-bond acceptors (Lipinski definition) is 7. The number of nitrogens with two attached hydrogens (primary N) is 2. The Bertz CT molecular complexity index is 797. The third kappa shape index (κ3) is 8.14. The summed E-state index contributed by atoms with van der Waals surface area (Å²) in [5.74, 6) is -4.58. The number of benzene rings is 1. The summed E-state index contributed by atoms with van der Waals surface area (Å²) in [6, 6.07) is 1.98. The molecule has 0 saturated heterocycles. The molecule has 9 N–H and O–H groups in total. The lowest BCUT2D eigenvalue weighted by molar-refractivity contribution is -0.142. The van der Waals surface area contributed by atoms with Crippen LogP contribution in [0.2, 0.25) is 0 Å². The molecule has 3 atom stereocenters. The van der Waals surface area contributed by atoms with Gasteiger partial charge >= 0.3 is 5.97 Å². The van der Waals surface area contributed by atoms with E-state index in [2.05, 4.69) is 16.0 Å². The first-order valence-electron chi connectivity index (χ1n) is 8.92. The van der Waals surface area contributed by atoms with Crippen molar-refractivity contribution < 1.29 is 34.2 Å². The van der Waals surface area contributed by atoms with E-state index in [0.717, 1.165) is 0 Å². The number of rotatable bonds is 11. The van der Waals surface area contributed by atoms with Crippen molar-refractivity contribution in [3.05, 3.63) is 29.8 Å². The minimum Gasteiger partial charge on any atom is -0.508 e. The smallest absolute Gasteiger partial charge is 0.325 e.